The lowest BCUT2D eigenvalue weighted by Gasteiger charge is -2.33. The maximum atomic E-state index is 6.21. The highest BCUT2D eigenvalue weighted by molar-refractivity contribution is 5.19. The van der Waals surface area contributed by atoms with Gasteiger partial charge in [-0.05, 0) is 12.0 Å². The van der Waals surface area contributed by atoms with E-state index in [1.54, 1.807) is 0 Å². The highest BCUT2D eigenvalue weighted by Gasteiger charge is 2.26. The molecule has 88 valence electrons. The van der Waals surface area contributed by atoms with Crippen molar-refractivity contribution in [3.8, 4) is 0 Å². The highest BCUT2D eigenvalue weighted by atomic mass is 16.6. The van der Waals surface area contributed by atoms with E-state index in [0.29, 0.717) is 13.2 Å². The Morgan fingerprint density at radius 3 is 2.56 bits per heavy atom. The summed E-state index contributed by atoms with van der Waals surface area (Å²) in [6.45, 7) is 3.52. The summed E-state index contributed by atoms with van der Waals surface area (Å²) in [5, 5.41) is 0. The quantitative estimate of drug-likeness (QED) is 0.825. The zero-order valence-corrected chi connectivity index (χ0v) is 9.63. The van der Waals surface area contributed by atoms with Crippen LogP contribution in [0.2, 0.25) is 0 Å². The maximum Gasteiger partial charge on any atom is 0.105 e. The molecule has 3 nitrogen and oxygen atoms in total. The zero-order valence-electron chi connectivity index (χ0n) is 9.63. The van der Waals surface area contributed by atoms with Crippen molar-refractivity contribution in [3.63, 3.8) is 0 Å². The van der Waals surface area contributed by atoms with Crippen LogP contribution >= 0.6 is 0 Å². The Labute approximate surface area is 96.5 Å². The van der Waals surface area contributed by atoms with Crippen LogP contribution < -0.4 is 5.73 Å². The van der Waals surface area contributed by atoms with Gasteiger partial charge in [-0.1, -0.05) is 37.3 Å². The van der Waals surface area contributed by atoms with E-state index < -0.39 is 0 Å². The van der Waals surface area contributed by atoms with E-state index in [2.05, 4.69) is 6.92 Å². The Morgan fingerprint density at radius 2 is 2.06 bits per heavy atom. The molecule has 0 amide bonds. The minimum atomic E-state index is -0.0493. The van der Waals surface area contributed by atoms with Crippen molar-refractivity contribution in [2.45, 2.75) is 31.6 Å². The van der Waals surface area contributed by atoms with Crippen LogP contribution in [-0.4, -0.2) is 25.4 Å². The Kier molecular flexibility index (Phi) is 3.93. The molecule has 3 heteroatoms. The standard InChI is InChI=1S/C13H19NO2/c1-2-12(16-11-8-15-9-11)13(14)10-6-4-3-5-7-10/h3-7,11-13H,2,8-9,14H2,1H3. The van der Waals surface area contributed by atoms with Crippen molar-refractivity contribution in [1.82, 2.24) is 0 Å². The third kappa shape index (κ3) is 2.61. The summed E-state index contributed by atoms with van der Waals surface area (Å²) in [5.41, 5.74) is 7.34. The molecule has 1 heterocycles. The Hall–Kier alpha value is -0.900. The molecule has 2 unspecified atom stereocenters. The number of benzene rings is 1. The first-order valence-corrected chi connectivity index (χ1v) is 5.85. The van der Waals surface area contributed by atoms with Gasteiger partial charge in [0.25, 0.3) is 0 Å². The fourth-order valence-electron chi connectivity index (χ4n) is 1.86. The molecule has 2 rings (SSSR count). The second-order valence-corrected chi connectivity index (χ2v) is 4.18. The Morgan fingerprint density at radius 1 is 1.38 bits per heavy atom. The molecule has 1 saturated heterocycles. The average Bonchev–Trinajstić information content (AvgIpc) is 2.28. The van der Waals surface area contributed by atoms with E-state index in [1.807, 2.05) is 30.3 Å². The van der Waals surface area contributed by atoms with Crippen LogP contribution in [0.3, 0.4) is 0 Å². The van der Waals surface area contributed by atoms with Crippen LogP contribution in [0, 0.1) is 0 Å². The third-order valence-electron chi connectivity index (χ3n) is 2.96. The van der Waals surface area contributed by atoms with Gasteiger partial charge >= 0.3 is 0 Å². The van der Waals surface area contributed by atoms with Crippen LogP contribution in [0.4, 0.5) is 0 Å². The van der Waals surface area contributed by atoms with E-state index >= 15 is 0 Å². The predicted molar refractivity (Wildman–Crippen MR) is 63.1 cm³/mol. The smallest absolute Gasteiger partial charge is 0.105 e. The van der Waals surface area contributed by atoms with Crippen molar-refractivity contribution in [3.05, 3.63) is 35.9 Å². The minimum Gasteiger partial charge on any atom is -0.376 e. The average molecular weight is 221 g/mol. The minimum absolute atomic E-state index is 0.0493. The SMILES string of the molecule is CCC(OC1COC1)C(N)c1ccccc1. The van der Waals surface area contributed by atoms with Gasteiger partial charge in [0.2, 0.25) is 0 Å². The first kappa shape index (κ1) is 11.6. The molecule has 0 saturated carbocycles. The van der Waals surface area contributed by atoms with Gasteiger partial charge in [-0.2, -0.15) is 0 Å². The molecular formula is C13H19NO2. The lowest BCUT2D eigenvalue weighted by molar-refractivity contribution is -0.159. The van der Waals surface area contributed by atoms with Gasteiger partial charge in [-0.15, -0.1) is 0 Å². The van der Waals surface area contributed by atoms with E-state index in [0.717, 1.165) is 12.0 Å². The van der Waals surface area contributed by atoms with Crippen LogP contribution in [0.25, 0.3) is 0 Å². The summed E-state index contributed by atoms with van der Waals surface area (Å²) < 4.78 is 11.0. The number of nitrogens with two attached hydrogens (primary N) is 1. The molecule has 0 spiro atoms. The predicted octanol–water partition coefficient (Wildman–Crippen LogP) is 1.88. The summed E-state index contributed by atoms with van der Waals surface area (Å²) in [5.74, 6) is 0. The second-order valence-electron chi connectivity index (χ2n) is 4.18. The van der Waals surface area contributed by atoms with Gasteiger partial charge in [0.15, 0.2) is 0 Å². The normalized spacial score (nSPS) is 20.1. The molecule has 1 aliphatic heterocycles. The lowest BCUT2D eigenvalue weighted by Crippen LogP contribution is -2.42. The number of rotatable bonds is 5. The highest BCUT2D eigenvalue weighted by Crippen LogP contribution is 2.22. The number of hydrogen-bond acceptors (Lipinski definition) is 3. The van der Waals surface area contributed by atoms with E-state index in [-0.39, 0.29) is 18.2 Å². The largest absolute Gasteiger partial charge is 0.376 e. The molecule has 1 fully saturated rings. The maximum absolute atomic E-state index is 6.21. The molecule has 0 aromatic heterocycles. The fraction of sp³-hybridized carbons (Fsp3) is 0.538. The molecule has 1 aromatic carbocycles. The third-order valence-corrected chi connectivity index (χ3v) is 2.96. The van der Waals surface area contributed by atoms with Crippen molar-refractivity contribution >= 4 is 0 Å². The number of ether oxygens (including phenoxy) is 2. The van der Waals surface area contributed by atoms with Gasteiger partial charge in [0.1, 0.15) is 6.10 Å². The molecule has 0 radical (unpaired) electrons. The summed E-state index contributed by atoms with van der Waals surface area (Å²) in [7, 11) is 0. The molecule has 0 aliphatic carbocycles. The van der Waals surface area contributed by atoms with E-state index in [4.69, 9.17) is 15.2 Å². The van der Waals surface area contributed by atoms with Crippen molar-refractivity contribution in [1.29, 1.82) is 0 Å². The Bertz CT molecular complexity index is 311. The molecular weight excluding hydrogens is 202 g/mol. The number of hydrogen-bond donors (Lipinski definition) is 1. The summed E-state index contributed by atoms with van der Waals surface area (Å²) in [6, 6.07) is 10.1. The molecule has 2 atom stereocenters. The second kappa shape index (κ2) is 5.43. The van der Waals surface area contributed by atoms with Crippen LogP contribution in [0.15, 0.2) is 30.3 Å². The topological polar surface area (TPSA) is 44.5 Å². The molecule has 2 N–H and O–H groups in total. The summed E-state index contributed by atoms with van der Waals surface area (Å²) in [4.78, 5) is 0. The first-order chi connectivity index (χ1) is 7.81. The van der Waals surface area contributed by atoms with Gasteiger partial charge in [0, 0.05) is 0 Å². The van der Waals surface area contributed by atoms with Gasteiger partial charge < -0.3 is 15.2 Å². The van der Waals surface area contributed by atoms with Crippen molar-refractivity contribution in [2.24, 2.45) is 5.73 Å². The lowest BCUT2D eigenvalue weighted by atomic mass is 10.0. The fourth-order valence-corrected chi connectivity index (χ4v) is 1.86. The Balaban J connectivity index is 1.97. The molecule has 1 aliphatic rings. The van der Waals surface area contributed by atoms with E-state index in [9.17, 15) is 0 Å². The first-order valence-electron chi connectivity index (χ1n) is 5.85. The van der Waals surface area contributed by atoms with Gasteiger partial charge in [-0.25, -0.2) is 0 Å². The van der Waals surface area contributed by atoms with E-state index in [1.165, 1.54) is 0 Å². The van der Waals surface area contributed by atoms with Gasteiger partial charge in [-0.3, -0.25) is 0 Å². The summed E-state index contributed by atoms with van der Waals surface area (Å²) in [6.07, 6.45) is 1.24. The molecule has 16 heavy (non-hydrogen) atoms. The van der Waals surface area contributed by atoms with Crippen molar-refractivity contribution < 1.29 is 9.47 Å². The van der Waals surface area contributed by atoms with Crippen LogP contribution in [0.5, 0.6) is 0 Å². The van der Waals surface area contributed by atoms with Crippen molar-refractivity contribution in [2.75, 3.05) is 13.2 Å². The van der Waals surface area contributed by atoms with Crippen LogP contribution in [0.1, 0.15) is 24.9 Å². The summed E-state index contributed by atoms with van der Waals surface area (Å²) >= 11 is 0. The van der Waals surface area contributed by atoms with Crippen LogP contribution in [-0.2, 0) is 9.47 Å². The van der Waals surface area contributed by atoms with Gasteiger partial charge in [0.05, 0.1) is 25.4 Å². The molecule has 0 bridgehead atoms. The zero-order chi connectivity index (χ0) is 11.4. The monoisotopic (exact) mass is 221 g/mol. The molecule has 1 aromatic rings.